The predicted molar refractivity (Wildman–Crippen MR) is 80.0 cm³/mol. The van der Waals surface area contributed by atoms with Crippen LogP contribution in [0.15, 0.2) is 0 Å². The van der Waals surface area contributed by atoms with E-state index in [-0.39, 0.29) is 16.7 Å². The number of carbonyl (C=O) groups excluding carboxylic acids is 1. The van der Waals surface area contributed by atoms with Crippen LogP contribution >= 0.6 is 11.8 Å². The number of nitrogens with one attached hydrogen (secondary N) is 2. The monoisotopic (exact) mass is 300 g/mol. The van der Waals surface area contributed by atoms with Crippen molar-refractivity contribution < 1.29 is 14.7 Å². The van der Waals surface area contributed by atoms with E-state index < -0.39 is 12.0 Å². The minimum absolute atomic E-state index is 0.113. The molecule has 0 heterocycles. The number of hydrogen-bond acceptors (Lipinski definition) is 3. The van der Waals surface area contributed by atoms with Gasteiger partial charge in [-0.3, -0.25) is 0 Å². The first-order valence-corrected chi connectivity index (χ1v) is 8.61. The first kappa shape index (κ1) is 15.5. The van der Waals surface area contributed by atoms with E-state index in [4.69, 9.17) is 5.11 Å². The van der Waals surface area contributed by atoms with E-state index in [9.17, 15) is 9.59 Å². The highest BCUT2D eigenvalue weighted by atomic mass is 32.2. The molecule has 0 aliphatic heterocycles. The van der Waals surface area contributed by atoms with E-state index in [1.165, 1.54) is 19.3 Å². The Morgan fingerprint density at radius 3 is 2.45 bits per heavy atom. The van der Waals surface area contributed by atoms with Crippen LogP contribution in [0.25, 0.3) is 0 Å². The Hall–Kier alpha value is -0.910. The number of aliphatic carboxylic acids is 1. The average molecular weight is 300 g/mol. The van der Waals surface area contributed by atoms with Gasteiger partial charge in [0.05, 0.1) is 0 Å². The molecular formula is C14H24N2O3S. The molecule has 0 radical (unpaired) electrons. The fourth-order valence-electron chi connectivity index (χ4n) is 2.89. The van der Waals surface area contributed by atoms with Crippen molar-refractivity contribution in [2.75, 3.05) is 12.8 Å². The second-order valence-electron chi connectivity index (χ2n) is 5.93. The lowest BCUT2D eigenvalue weighted by atomic mass is 9.88. The van der Waals surface area contributed by atoms with Gasteiger partial charge in [0.25, 0.3) is 0 Å². The summed E-state index contributed by atoms with van der Waals surface area (Å²) in [6.45, 7) is 0.622. The third kappa shape index (κ3) is 4.04. The summed E-state index contributed by atoms with van der Waals surface area (Å²) in [5.74, 6) is -0.817. The zero-order valence-electron chi connectivity index (χ0n) is 12.0. The fourth-order valence-corrected chi connectivity index (χ4v) is 3.81. The minimum Gasteiger partial charge on any atom is -0.480 e. The summed E-state index contributed by atoms with van der Waals surface area (Å²) in [7, 11) is 0. The largest absolute Gasteiger partial charge is 0.480 e. The summed E-state index contributed by atoms with van der Waals surface area (Å²) < 4.78 is 0.133. The van der Waals surface area contributed by atoms with E-state index >= 15 is 0 Å². The Bertz CT molecular complexity index is 365. The lowest BCUT2D eigenvalue weighted by Gasteiger charge is -2.35. The van der Waals surface area contributed by atoms with Crippen LogP contribution in [0, 0.1) is 5.92 Å². The highest BCUT2D eigenvalue weighted by Gasteiger charge is 2.38. The molecule has 2 fully saturated rings. The maximum Gasteiger partial charge on any atom is 0.326 e. The number of hydrogen-bond donors (Lipinski definition) is 3. The number of carboxylic acids is 1. The quantitative estimate of drug-likeness (QED) is 0.703. The molecule has 1 atom stereocenters. The molecule has 0 aromatic rings. The zero-order valence-corrected chi connectivity index (χ0v) is 12.8. The first-order chi connectivity index (χ1) is 9.56. The maximum atomic E-state index is 11.9. The standard InChI is InChI=1S/C14H24N2O3S/c1-20-14(7-3-2-4-8-14)9-15-13(19)16-11(12(17)18)10-5-6-10/h10-11H,2-9H2,1H3,(H,17,18)(H2,15,16,19). The van der Waals surface area contributed by atoms with E-state index in [0.29, 0.717) is 6.54 Å². The van der Waals surface area contributed by atoms with Crippen LogP contribution in [-0.2, 0) is 4.79 Å². The SMILES string of the molecule is CSC1(CNC(=O)NC(C(=O)O)C2CC2)CCCCC1. The van der Waals surface area contributed by atoms with Gasteiger partial charge in [0.2, 0.25) is 0 Å². The van der Waals surface area contributed by atoms with Crippen molar-refractivity contribution in [1.29, 1.82) is 0 Å². The maximum absolute atomic E-state index is 11.9. The van der Waals surface area contributed by atoms with Gasteiger partial charge in [0.1, 0.15) is 6.04 Å². The third-order valence-electron chi connectivity index (χ3n) is 4.41. The highest BCUT2D eigenvalue weighted by molar-refractivity contribution is 8.00. The van der Waals surface area contributed by atoms with Crippen molar-refractivity contribution in [3.63, 3.8) is 0 Å². The van der Waals surface area contributed by atoms with E-state index in [1.54, 1.807) is 0 Å². The Morgan fingerprint density at radius 1 is 1.30 bits per heavy atom. The predicted octanol–water partition coefficient (Wildman–Crippen LogP) is 2.21. The van der Waals surface area contributed by atoms with Gasteiger partial charge in [-0.25, -0.2) is 9.59 Å². The van der Waals surface area contributed by atoms with Crippen LogP contribution in [0.2, 0.25) is 0 Å². The molecule has 0 bridgehead atoms. The molecule has 2 aliphatic rings. The summed E-state index contributed by atoms with van der Waals surface area (Å²) in [5, 5.41) is 14.6. The Morgan fingerprint density at radius 2 is 1.95 bits per heavy atom. The van der Waals surface area contributed by atoms with Gasteiger partial charge < -0.3 is 15.7 Å². The Labute approximate surface area is 124 Å². The van der Waals surface area contributed by atoms with Crippen molar-refractivity contribution in [3.05, 3.63) is 0 Å². The summed E-state index contributed by atoms with van der Waals surface area (Å²) in [6, 6.07) is -1.07. The second-order valence-corrected chi connectivity index (χ2v) is 7.20. The van der Waals surface area contributed by atoms with Crippen LogP contribution in [-0.4, -0.2) is 40.7 Å². The summed E-state index contributed by atoms with van der Waals surface area (Å²) in [5.41, 5.74) is 0. The molecule has 1 unspecified atom stereocenters. The molecule has 6 heteroatoms. The molecular weight excluding hydrogens is 276 g/mol. The van der Waals surface area contributed by atoms with Gasteiger partial charge >= 0.3 is 12.0 Å². The van der Waals surface area contributed by atoms with Crippen LogP contribution in [0.5, 0.6) is 0 Å². The van der Waals surface area contributed by atoms with Gasteiger partial charge in [0.15, 0.2) is 0 Å². The zero-order chi connectivity index (χ0) is 14.6. The molecule has 114 valence electrons. The molecule has 5 nitrogen and oxygen atoms in total. The third-order valence-corrected chi connectivity index (χ3v) is 5.83. The molecule has 20 heavy (non-hydrogen) atoms. The van der Waals surface area contributed by atoms with E-state index in [0.717, 1.165) is 25.7 Å². The highest BCUT2D eigenvalue weighted by Crippen LogP contribution is 2.38. The van der Waals surface area contributed by atoms with Gasteiger partial charge in [-0.2, -0.15) is 11.8 Å². The molecule has 2 rings (SSSR count). The van der Waals surface area contributed by atoms with Gasteiger partial charge in [-0.1, -0.05) is 19.3 Å². The summed E-state index contributed by atoms with van der Waals surface area (Å²) >= 11 is 1.82. The van der Waals surface area contributed by atoms with Crippen LogP contribution in [0.3, 0.4) is 0 Å². The molecule has 0 spiro atoms. The fraction of sp³-hybridized carbons (Fsp3) is 0.857. The smallest absolute Gasteiger partial charge is 0.326 e. The van der Waals surface area contributed by atoms with E-state index in [2.05, 4.69) is 16.9 Å². The minimum atomic E-state index is -0.931. The second kappa shape index (κ2) is 6.70. The molecule has 2 aliphatic carbocycles. The van der Waals surface area contributed by atoms with Crippen LogP contribution in [0.1, 0.15) is 44.9 Å². The molecule has 0 saturated heterocycles. The summed E-state index contributed by atoms with van der Waals surface area (Å²) in [6.07, 6.45) is 9.83. The lowest BCUT2D eigenvalue weighted by Crippen LogP contribution is -2.50. The van der Waals surface area contributed by atoms with Gasteiger partial charge in [-0.15, -0.1) is 0 Å². The van der Waals surface area contributed by atoms with Crippen molar-refractivity contribution in [2.45, 2.75) is 55.7 Å². The van der Waals surface area contributed by atoms with Gasteiger partial charge in [0, 0.05) is 11.3 Å². The Kier molecular flexibility index (Phi) is 5.18. The Balaban J connectivity index is 1.80. The molecule has 2 amide bonds. The van der Waals surface area contributed by atoms with E-state index in [1.807, 2.05) is 11.8 Å². The van der Waals surface area contributed by atoms with Crippen LogP contribution in [0.4, 0.5) is 4.79 Å². The molecule has 0 aromatic carbocycles. The van der Waals surface area contributed by atoms with Crippen LogP contribution < -0.4 is 10.6 Å². The van der Waals surface area contributed by atoms with Gasteiger partial charge in [-0.05, 0) is 37.9 Å². The number of carboxylic acid groups (broad SMARTS) is 1. The van der Waals surface area contributed by atoms with Crippen molar-refractivity contribution in [2.24, 2.45) is 5.92 Å². The first-order valence-electron chi connectivity index (χ1n) is 7.39. The normalized spacial score (nSPS) is 22.9. The average Bonchev–Trinajstić information content (AvgIpc) is 3.28. The van der Waals surface area contributed by atoms with Crippen molar-refractivity contribution >= 4 is 23.8 Å². The van der Waals surface area contributed by atoms with Crippen molar-refractivity contribution in [3.8, 4) is 0 Å². The molecule has 0 aromatic heterocycles. The number of urea groups is 1. The van der Waals surface area contributed by atoms with Crippen molar-refractivity contribution in [1.82, 2.24) is 10.6 Å². The number of carbonyl (C=O) groups is 2. The molecule has 2 saturated carbocycles. The number of thioether (sulfide) groups is 1. The lowest BCUT2D eigenvalue weighted by molar-refractivity contribution is -0.139. The summed E-state index contributed by atoms with van der Waals surface area (Å²) in [4.78, 5) is 23.0. The molecule has 3 N–H and O–H groups in total. The number of rotatable bonds is 6. The number of amides is 2. The topological polar surface area (TPSA) is 78.4 Å².